The summed E-state index contributed by atoms with van der Waals surface area (Å²) in [5.74, 6) is 0.924. The Morgan fingerprint density at radius 1 is 0.750 bits per heavy atom. The summed E-state index contributed by atoms with van der Waals surface area (Å²) >= 11 is 5.86. The molecule has 0 bridgehead atoms. The quantitative estimate of drug-likeness (QED) is 0.408. The summed E-state index contributed by atoms with van der Waals surface area (Å²) < 4.78 is 5.71. The van der Waals surface area contributed by atoms with Gasteiger partial charge in [-0.15, -0.1) is 0 Å². The van der Waals surface area contributed by atoms with Gasteiger partial charge in [0, 0.05) is 5.02 Å². The van der Waals surface area contributed by atoms with E-state index in [1.807, 2.05) is 24.3 Å². The zero-order chi connectivity index (χ0) is 16.9. The molecule has 0 atom stereocenters. The number of piperidine rings is 1. The maximum Gasteiger partial charge on any atom is 0.119 e. The predicted octanol–water partition coefficient (Wildman–Crippen LogP) is 6.33. The molecule has 2 nitrogen and oxygen atoms in total. The number of likely N-dealkylation sites (tertiary alicyclic amines) is 1. The Morgan fingerprint density at radius 3 is 2.00 bits per heavy atom. The summed E-state index contributed by atoms with van der Waals surface area (Å²) in [4.78, 5) is 2.66. The number of hydrogen-bond donors (Lipinski definition) is 0. The highest BCUT2D eigenvalue weighted by Gasteiger charge is 2.08. The molecule has 1 fully saturated rings. The predicted molar refractivity (Wildman–Crippen MR) is 104 cm³/mol. The Kier molecular flexibility index (Phi) is 10.3. The molecule has 136 valence electrons. The molecule has 1 aliphatic rings. The summed E-state index contributed by atoms with van der Waals surface area (Å²) in [7, 11) is 0. The maximum atomic E-state index is 5.86. The van der Waals surface area contributed by atoms with E-state index in [0.717, 1.165) is 23.8 Å². The van der Waals surface area contributed by atoms with Crippen molar-refractivity contribution in [2.75, 3.05) is 26.2 Å². The second-order valence-electron chi connectivity index (χ2n) is 7.03. The zero-order valence-electron chi connectivity index (χ0n) is 15.1. The normalized spacial score (nSPS) is 15.5. The van der Waals surface area contributed by atoms with Gasteiger partial charge in [-0.25, -0.2) is 0 Å². The van der Waals surface area contributed by atoms with Crippen molar-refractivity contribution in [2.45, 2.75) is 70.6 Å². The van der Waals surface area contributed by atoms with Crippen LogP contribution < -0.4 is 4.74 Å². The number of hydrogen-bond acceptors (Lipinski definition) is 2. The molecule has 0 spiro atoms. The fraction of sp³-hybridized carbons (Fsp3) is 0.714. The Balaban J connectivity index is 1.32. The van der Waals surface area contributed by atoms with E-state index in [0.29, 0.717) is 0 Å². The van der Waals surface area contributed by atoms with Crippen LogP contribution in [0.4, 0.5) is 0 Å². The smallest absolute Gasteiger partial charge is 0.119 e. The molecule has 0 radical (unpaired) electrons. The van der Waals surface area contributed by atoms with Gasteiger partial charge in [0.2, 0.25) is 0 Å². The van der Waals surface area contributed by atoms with Crippen LogP contribution in [0.5, 0.6) is 5.75 Å². The molecule has 3 heteroatoms. The van der Waals surface area contributed by atoms with Gasteiger partial charge in [-0.1, -0.05) is 56.5 Å². The molecule has 1 aromatic carbocycles. The number of unbranched alkanes of at least 4 members (excludes halogenated alkanes) is 7. The number of halogens is 1. The molecule has 0 saturated carbocycles. The van der Waals surface area contributed by atoms with Crippen molar-refractivity contribution in [3.63, 3.8) is 0 Å². The minimum Gasteiger partial charge on any atom is -0.494 e. The molecule has 0 aromatic heterocycles. The van der Waals surface area contributed by atoms with Crippen molar-refractivity contribution < 1.29 is 4.74 Å². The molecule has 0 amide bonds. The van der Waals surface area contributed by atoms with E-state index in [-0.39, 0.29) is 0 Å². The highest BCUT2D eigenvalue weighted by atomic mass is 35.5. The lowest BCUT2D eigenvalue weighted by Gasteiger charge is -2.26. The van der Waals surface area contributed by atoms with Crippen molar-refractivity contribution in [1.29, 1.82) is 0 Å². The Hall–Kier alpha value is -0.730. The largest absolute Gasteiger partial charge is 0.494 e. The Morgan fingerprint density at radius 2 is 1.33 bits per heavy atom. The van der Waals surface area contributed by atoms with Crippen LogP contribution in [0.25, 0.3) is 0 Å². The summed E-state index contributed by atoms with van der Waals surface area (Å²) in [6.07, 6.45) is 15.1. The first kappa shape index (κ1) is 19.6. The molecule has 0 aliphatic carbocycles. The van der Waals surface area contributed by atoms with Crippen LogP contribution >= 0.6 is 11.6 Å². The van der Waals surface area contributed by atoms with Gasteiger partial charge in [-0.3, -0.25) is 0 Å². The van der Waals surface area contributed by atoms with Gasteiger partial charge in [-0.05, 0) is 69.6 Å². The first-order valence-corrected chi connectivity index (χ1v) is 10.3. The van der Waals surface area contributed by atoms with Crippen molar-refractivity contribution in [3.8, 4) is 5.75 Å². The minimum atomic E-state index is 0.762. The van der Waals surface area contributed by atoms with Gasteiger partial charge >= 0.3 is 0 Å². The third-order valence-corrected chi connectivity index (χ3v) is 5.15. The van der Waals surface area contributed by atoms with Crippen molar-refractivity contribution >= 4 is 11.6 Å². The van der Waals surface area contributed by atoms with Gasteiger partial charge in [-0.2, -0.15) is 0 Å². The number of nitrogens with zero attached hydrogens (tertiary/aromatic N) is 1. The molecular formula is C21H34ClNO. The van der Waals surface area contributed by atoms with Crippen LogP contribution in [-0.4, -0.2) is 31.1 Å². The van der Waals surface area contributed by atoms with Crippen LogP contribution in [0.15, 0.2) is 24.3 Å². The van der Waals surface area contributed by atoms with E-state index in [1.54, 1.807) is 0 Å². The molecule has 24 heavy (non-hydrogen) atoms. The van der Waals surface area contributed by atoms with Gasteiger partial charge < -0.3 is 9.64 Å². The number of rotatable bonds is 12. The van der Waals surface area contributed by atoms with E-state index < -0.39 is 0 Å². The zero-order valence-corrected chi connectivity index (χ0v) is 15.9. The van der Waals surface area contributed by atoms with Gasteiger partial charge in [0.05, 0.1) is 6.61 Å². The number of ether oxygens (including phenoxy) is 1. The van der Waals surface area contributed by atoms with E-state index >= 15 is 0 Å². The van der Waals surface area contributed by atoms with Crippen LogP contribution in [0.3, 0.4) is 0 Å². The average molecular weight is 352 g/mol. The van der Waals surface area contributed by atoms with Gasteiger partial charge in [0.1, 0.15) is 5.75 Å². The molecule has 0 N–H and O–H groups in total. The fourth-order valence-electron chi connectivity index (χ4n) is 3.40. The Labute approximate surface area is 153 Å². The monoisotopic (exact) mass is 351 g/mol. The topological polar surface area (TPSA) is 12.5 Å². The summed E-state index contributed by atoms with van der Waals surface area (Å²) in [6, 6.07) is 7.63. The van der Waals surface area contributed by atoms with E-state index in [4.69, 9.17) is 16.3 Å². The highest BCUT2D eigenvalue weighted by molar-refractivity contribution is 6.30. The molecule has 1 saturated heterocycles. The fourth-order valence-corrected chi connectivity index (χ4v) is 3.53. The Bertz CT molecular complexity index is 414. The molecular weight excluding hydrogens is 318 g/mol. The lowest BCUT2D eigenvalue weighted by Crippen LogP contribution is -2.30. The molecule has 1 heterocycles. The van der Waals surface area contributed by atoms with Crippen LogP contribution in [0.1, 0.15) is 70.6 Å². The first-order chi connectivity index (χ1) is 11.8. The molecule has 2 rings (SSSR count). The minimum absolute atomic E-state index is 0.762. The molecule has 0 unspecified atom stereocenters. The first-order valence-electron chi connectivity index (χ1n) is 9.95. The SMILES string of the molecule is Clc1ccc(OCCCCCCCCCCN2CCCCC2)cc1. The second kappa shape index (κ2) is 12.6. The molecule has 1 aliphatic heterocycles. The second-order valence-corrected chi connectivity index (χ2v) is 7.47. The van der Waals surface area contributed by atoms with Crippen LogP contribution in [-0.2, 0) is 0 Å². The summed E-state index contributed by atoms with van der Waals surface area (Å²) in [5.41, 5.74) is 0. The maximum absolute atomic E-state index is 5.86. The van der Waals surface area contributed by atoms with Crippen LogP contribution in [0.2, 0.25) is 5.02 Å². The third-order valence-electron chi connectivity index (χ3n) is 4.90. The van der Waals surface area contributed by atoms with Crippen LogP contribution in [0, 0.1) is 0 Å². The number of benzene rings is 1. The summed E-state index contributed by atoms with van der Waals surface area (Å²) in [5, 5.41) is 0.762. The van der Waals surface area contributed by atoms with E-state index in [1.165, 1.54) is 83.8 Å². The van der Waals surface area contributed by atoms with Gasteiger partial charge in [0.25, 0.3) is 0 Å². The lowest BCUT2D eigenvalue weighted by atomic mass is 10.1. The highest BCUT2D eigenvalue weighted by Crippen LogP contribution is 2.16. The van der Waals surface area contributed by atoms with Crippen molar-refractivity contribution in [1.82, 2.24) is 4.90 Å². The third kappa shape index (κ3) is 8.94. The van der Waals surface area contributed by atoms with Crippen molar-refractivity contribution in [3.05, 3.63) is 29.3 Å². The molecule has 1 aromatic rings. The summed E-state index contributed by atoms with van der Waals surface area (Å²) in [6.45, 7) is 4.84. The van der Waals surface area contributed by atoms with Crippen molar-refractivity contribution in [2.24, 2.45) is 0 Å². The van der Waals surface area contributed by atoms with E-state index in [2.05, 4.69) is 4.90 Å². The lowest BCUT2D eigenvalue weighted by molar-refractivity contribution is 0.224. The van der Waals surface area contributed by atoms with E-state index in [9.17, 15) is 0 Å². The standard InChI is InChI=1S/C21H34ClNO/c22-20-12-14-21(15-13-20)24-19-11-6-4-2-1-3-5-8-16-23-17-9-7-10-18-23/h12-15H,1-11,16-19H2. The average Bonchev–Trinajstić information content (AvgIpc) is 2.62. The van der Waals surface area contributed by atoms with Gasteiger partial charge in [0.15, 0.2) is 0 Å².